The molecule has 2 aromatic heterocycles. The number of hydrogen-bond acceptors (Lipinski definition) is 6. The fraction of sp³-hybridized carbons (Fsp3) is 0. The number of nitro groups is 1. The molecule has 1 N–H and O–H groups in total. The van der Waals surface area contributed by atoms with Crippen molar-refractivity contribution in [2.75, 3.05) is 5.32 Å². The predicted molar refractivity (Wildman–Crippen MR) is 60.4 cm³/mol. The third-order valence-electron chi connectivity index (χ3n) is 1.86. The van der Waals surface area contributed by atoms with Crippen molar-refractivity contribution in [1.82, 2.24) is 9.97 Å². The Morgan fingerprint density at radius 3 is 2.83 bits per heavy atom. The molecular formula is C9H5ClN4O4. The smallest absolute Gasteiger partial charge is 0.395 e. The molecule has 0 bridgehead atoms. The van der Waals surface area contributed by atoms with Gasteiger partial charge in [0.15, 0.2) is 5.76 Å². The zero-order chi connectivity index (χ0) is 13.1. The van der Waals surface area contributed by atoms with E-state index in [1.165, 1.54) is 18.3 Å². The Bertz CT molecular complexity index is 612. The van der Waals surface area contributed by atoms with Crippen molar-refractivity contribution in [3.63, 3.8) is 0 Å². The van der Waals surface area contributed by atoms with Gasteiger partial charge < -0.3 is 9.73 Å². The molecule has 0 aliphatic rings. The van der Waals surface area contributed by atoms with E-state index in [4.69, 9.17) is 16.0 Å². The van der Waals surface area contributed by atoms with Gasteiger partial charge in [-0.1, -0.05) is 0 Å². The highest BCUT2D eigenvalue weighted by Gasteiger charge is 2.17. The summed E-state index contributed by atoms with van der Waals surface area (Å²) in [5, 5.41) is 12.7. The van der Waals surface area contributed by atoms with Crippen LogP contribution in [0.5, 0.6) is 0 Å². The average molecular weight is 269 g/mol. The number of nitrogens with one attached hydrogen (secondary N) is 1. The fourth-order valence-electron chi connectivity index (χ4n) is 1.13. The molecule has 0 saturated carbocycles. The summed E-state index contributed by atoms with van der Waals surface area (Å²) in [5.41, 5.74) is 0. The molecule has 9 heteroatoms. The molecule has 2 rings (SSSR count). The number of amides is 1. The normalized spacial score (nSPS) is 10.1. The Hall–Kier alpha value is -2.48. The zero-order valence-electron chi connectivity index (χ0n) is 8.66. The van der Waals surface area contributed by atoms with Gasteiger partial charge in [0, 0.05) is 6.20 Å². The Balaban J connectivity index is 2.14. The van der Waals surface area contributed by atoms with Crippen LogP contribution in [0.1, 0.15) is 10.6 Å². The second-order valence-electron chi connectivity index (χ2n) is 3.06. The minimum atomic E-state index is -0.738. The molecular weight excluding hydrogens is 264 g/mol. The van der Waals surface area contributed by atoms with Crippen LogP contribution in [0.15, 0.2) is 28.8 Å². The van der Waals surface area contributed by atoms with Gasteiger partial charge in [0.25, 0.3) is 5.91 Å². The van der Waals surface area contributed by atoms with Crippen LogP contribution in [-0.4, -0.2) is 20.8 Å². The van der Waals surface area contributed by atoms with Crippen molar-refractivity contribution < 1.29 is 14.1 Å². The molecule has 2 aromatic rings. The topological polar surface area (TPSA) is 111 Å². The maximum absolute atomic E-state index is 11.6. The quantitative estimate of drug-likeness (QED) is 0.517. The molecule has 0 atom stereocenters. The van der Waals surface area contributed by atoms with Crippen LogP contribution in [0, 0.1) is 10.1 Å². The zero-order valence-corrected chi connectivity index (χ0v) is 9.42. The van der Waals surface area contributed by atoms with E-state index >= 15 is 0 Å². The third kappa shape index (κ3) is 2.61. The van der Waals surface area contributed by atoms with Gasteiger partial charge in [0.05, 0.1) is 6.07 Å². The van der Waals surface area contributed by atoms with Crippen molar-refractivity contribution in [2.24, 2.45) is 0 Å². The number of anilines is 1. The number of carbonyl (C=O) groups is 1. The molecule has 0 aliphatic heterocycles. The van der Waals surface area contributed by atoms with Gasteiger partial charge in [-0.05, 0) is 23.7 Å². The third-order valence-corrected chi connectivity index (χ3v) is 2.05. The van der Waals surface area contributed by atoms with Gasteiger partial charge in [-0.25, -0.2) is 9.97 Å². The van der Waals surface area contributed by atoms with Crippen LogP contribution >= 0.6 is 11.6 Å². The minimum absolute atomic E-state index is 0.0294. The van der Waals surface area contributed by atoms with Crippen LogP contribution in [0.4, 0.5) is 11.7 Å². The Kier molecular flexibility index (Phi) is 3.20. The molecule has 0 unspecified atom stereocenters. The first-order valence-corrected chi connectivity index (χ1v) is 4.98. The number of nitrogens with zero attached hydrogens (tertiary/aromatic N) is 3. The summed E-state index contributed by atoms with van der Waals surface area (Å²) in [6.07, 6.45) is 1.36. The molecule has 18 heavy (non-hydrogen) atoms. The van der Waals surface area contributed by atoms with E-state index < -0.39 is 16.7 Å². The molecule has 0 radical (unpaired) electrons. The van der Waals surface area contributed by atoms with Crippen molar-refractivity contribution >= 4 is 29.2 Å². The summed E-state index contributed by atoms with van der Waals surface area (Å²) in [6.45, 7) is 0. The van der Waals surface area contributed by atoms with Gasteiger partial charge in [0.1, 0.15) is 10.7 Å². The Labute approximate surface area is 105 Å². The summed E-state index contributed by atoms with van der Waals surface area (Å²) < 4.78 is 4.72. The lowest BCUT2D eigenvalue weighted by molar-refractivity contribution is -0.402. The Morgan fingerprint density at radius 2 is 2.22 bits per heavy atom. The van der Waals surface area contributed by atoms with Crippen molar-refractivity contribution in [3.8, 4) is 0 Å². The largest absolute Gasteiger partial charge is 0.433 e. The number of furan rings is 1. The predicted octanol–water partition coefficient (Wildman–Crippen LogP) is 1.88. The number of aromatic nitrogens is 2. The minimum Gasteiger partial charge on any atom is -0.395 e. The summed E-state index contributed by atoms with van der Waals surface area (Å²) >= 11 is 5.53. The molecule has 0 aromatic carbocycles. The summed E-state index contributed by atoms with van der Waals surface area (Å²) in [7, 11) is 0. The van der Waals surface area contributed by atoms with Crippen LogP contribution < -0.4 is 5.32 Å². The van der Waals surface area contributed by atoms with Gasteiger partial charge in [0.2, 0.25) is 5.28 Å². The highest BCUT2D eigenvalue weighted by atomic mass is 35.5. The number of carbonyl (C=O) groups excluding carboxylic acids is 1. The maximum atomic E-state index is 11.6. The first-order valence-electron chi connectivity index (χ1n) is 4.60. The summed E-state index contributed by atoms with van der Waals surface area (Å²) in [4.78, 5) is 28.6. The monoisotopic (exact) mass is 268 g/mol. The van der Waals surface area contributed by atoms with E-state index in [1.54, 1.807) is 0 Å². The molecule has 0 saturated heterocycles. The second kappa shape index (κ2) is 4.80. The molecule has 0 aliphatic carbocycles. The number of rotatable bonds is 3. The van der Waals surface area contributed by atoms with Gasteiger partial charge in [-0.2, -0.15) is 0 Å². The van der Waals surface area contributed by atoms with Gasteiger partial charge in [-0.3, -0.25) is 14.9 Å². The second-order valence-corrected chi connectivity index (χ2v) is 3.40. The highest BCUT2D eigenvalue weighted by molar-refractivity contribution is 6.28. The molecule has 0 spiro atoms. The SMILES string of the molecule is O=C(Nc1ccnc(Cl)n1)c1ccc([N+](=O)[O-])o1. The molecule has 1 amide bonds. The lowest BCUT2D eigenvalue weighted by atomic mass is 10.4. The van der Waals surface area contributed by atoms with Crippen molar-refractivity contribution in [2.45, 2.75) is 0 Å². The van der Waals surface area contributed by atoms with Gasteiger partial charge in [-0.15, -0.1) is 0 Å². The first-order chi connectivity index (χ1) is 8.56. The lowest BCUT2D eigenvalue weighted by Crippen LogP contribution is -2.12. The average Bonchev–Trinajstić information content (AvgIpc) is 2.78. The van der Waals surface area contributed by atoms with E-state index in [9.17, 15) is 14.9 Å². The summed E-state index contributed by atoms with van der Waals surface area (Å²) in [6, 6.07) is 3.69. The molecule has 92 valence electrons. The van der Waals surface area contributed by atoms with Crippen LogP contribution in [-0.2, 0) is 0 Å². The van der Waals surface area contributed by atoms with Crippen LogP contribution in [0.2, 0.25) is 5.28 Å². The van der Waals surface area contributed by atoms with E-state index in [-0.39, 0.29) is 16.9 Å². The van der Waals surface area contributed by atoms with E-state index in [1.807, 2.05) is 0 Å². The van der Waals surface area contributed by atoms with Crippen molar-refractivity contribution in [3.05, 3.63) is 45.6 Å². The lowest BCUT2D eigenvalue weighted by Gasteiger charge is -2.00. The van der Waals surface area contributed by atoms with Crippen molar-refractivity contribution in [1.29, 1.82) is 0 Å². The molecule has 2 heterocycles. The summed E-state index contributed by atoms with van der Waals surface area (Å²) in [5.74, 6) is -1.21. The van der Waals surface area contributed by atoms with E-state index in [0.717, 1.165) is 6.07 Å². The number of halogens is 1. The maximum Gasteiger partial charge on any atom is 0.433 e. The highest BCUT2D eigenvalue weighted by Crippen LogP contribution is 2.16. The standard InChI is InChI=1S/C9H5ClN4O4/c10-9-11-4-3-6(13-9)12-8(15)5-1-2-7(18-5)14(16)17/h1-4H,(H,11,12,13,15). The fourth-order valence-corrected chi connectivity index (χ4v) is 1.28. The van der Waals surface area contributed by atoms with Crippen LogP contribution in [0.25, 0.3) is 0 Å². The number of hydrogen-bond donors (Lipinski definition) is 1. The Morgan fingerprint density at radius 1 is 1.44 bits per heavy atom. The van der Waals surface area contributed by atoms with Crippen LogP contribution in [0.3, 0.4) is 0 Å². The molecule has 8 nitrogen and oxygen atoms in total. The van der Waals surface area contributed by atoms with E-state index in [0.29, 0.717) is 0 Å². The van der Waals surface area contributed by atoms with E-state index in [2.05, 4.69) is 15.3 Å². The molecule has 0 fully saturated rings. The van der Waals surface area contributed by atoms with Gasteiger partial charge >= 0.3 is 5.88 Å². The first kappa shape index (κ1) is 12.0.